The van der Waals surface area contributed by atoms with E-state index in [4.69, 9.17) is 0 Å². The fourth-order valence-electron chi connectivity index (χ4n) is 3.09. The Hall–Kier alpha value is -2.14. The third-order valence-electron chi connectivity index (χ3n) is 4.42. The van der Waals surface area contributed by atoms with Gasteiger partial charge in [-0.25, -0.2) is 4.98 Å². The second kappa shape index (κ2) is 8.81. The highest BCUT2D eigenvalue weighted by molar-refractivity contribution is 7.09. The molecule has 0 bridgehead atoms. The van der Waals surface area contributed by atoms with Crippen LogP contribution in [0.2, 0.25) is 0 Å². The zero-order chi connectivity index (χ0) is 17.5. The second-order valence-corrected chi connectivity index (χ2v) is 7.34. The molecule has 1 aromatic carbocycles. The maximum Gasteiger partial charge on any atom is 0.193 e. The predicted octanol–water partition coefficient (Wildman–Crippen LogP) is 3.75. The molecule has 25 heavy (non-hydrogen) atoms. The average Bonchev–Trinajstić information content (AvgIpc) is 3.06. The van der Waals surface area contributed by atoms with Crippen molar-refractivity contribution >= 4 is 23.4 Å². The monoisotopic (exact) mass is 354 g/mol. The second-order valence-electron chi connectivity index (χ2n) is 6.28. The summed E-state index contributed by atoms with van der Waals surface area (Å²) in [6.07, 6.45) is 5.47. The van der Waals surface area contributed by atoms with Crippen molar-refractivity contribution in [2.45, 2.75) is 26.2 Å². The Morgan fingerprint density at radius 3 is 2.68 bits per heavy atom. The molecule has 1 aliphatic heterocycles. The van der Waals surface area contributed by atoms with Crippen LogP contribution in [0.5, 0.6) is 0 Å². The van der Waals surface area contributed by atoms with Crippen LogP contribution in [0.4, 0.5) is 0 Å². The van der Waals surface area contributed by atoms with Gasteiger partial charge in [0.2, 0.25) is 0 Å². The van der Waals surface area contributed by atoms with Gasteiger partial charge in [-0.2, -0.15) is 0 Å². The highest BCUT2D eigenvalue weighted by Gasteiger charge is 2.17. The van der Waals surface area contributed by atoms with E-state index >= 15 is 0 Å². The van der Waals surface area contributed by atoms with Crippen molar-refractivity contribution in [2.24, 2.45) is 4.99 Å². The van der Waals surface area contributed by atoms with Crippen LogP contribution in [0, 0.1) is 6.92 Å². The molecule has 2 aromatic rings. The molecule has 0 saturated carbocycles. The third kappa shape index (κ3) is 5.16. The summed E-state index contributed by atoms with van der Waals surface area (Å²) >= 11 is 1.71. The van der Waals surface area contributed by atoms with Crippen molar-refractivity contribution in [3.63, 3.8) is 0 Å². The summed E-state index contributed by atoms with van der Waals surface area (Å²) < 4.78 is 0. The van der Waals surface area contributed by atoms with Crippen LogP contribution in [-0.2, 0) is 6.42 Å². The van der Waals surface area contributed by atoms with Crippen LogP contribution in [0.25, 0.3) is 6.08 Å². The number of aliphatic imine (C=N–C) groups is 1. The number of likely N-dealkylation sites (tertiary alicyclic amines) is 1. The maximum absolute atomic E-state index is 4.51. The van der Waals surface area contributed by atoms with Crippen molar-refractivity contribution in [2.75, 3.05) is 26.7 Å². The Morgan fingerprint density at radius 2 is 2.04 bits per heavy atom. The van der Waals surface area contributed by atoms with Crippen LogP contribution >= 0.6 is 11.3 Å². The minimum Gasteiger partial charge on any atom is -0.356 e. The van der Waals surface area contributed by atoms with E-state index in [1.807, 2.05) is 7.05 Å². The van der Waals surface area contributed by atoms with Gasteiger partial charge >= 0.3 is 0 Å². The minimum absolute atomic E-state index is 0.874. The lowest BCUT2D eigenvalue weighted by molar-refractivity contribution is 0.376. The first-order valence-electron chi connectivity index (χ1n) is 8.85. The molecule has 0 atom stereocenters. The largest absolute Gasteiger partial charge is 0.356 e. The number of hydrogen-bond acceptors (Lipinski definition) is 3. The van der Waals surface area contributed by atoms with E-state index in [9.17, 15) is 0 Å². The average molecular weight is 355 g/mol. The standard InChI is InChI=1S/C20H26N4S/c1-16-23-19(15-25-16)8-11-22-20(21-2)24-12-9-18(10-13-24)14-17-6-4-3-5-7-17/h3-7,14-15H,8-13H2,1-2H3,(H,21,22). The molecule has 1 aliphatic rings. The van der Waals surface area contributed by atoms with E-state index in [0.29, 0.717) is 0 Å². The molecule has 132 valence electrons. The number of guanidine groups is 1. The molecule has 0 spiro atoms. The summed E-state index contributed by atoms with van der Waals surface area (Å²) in [4.78, 5) is 11.3. The fraction of sp³-hybridized carbons (Fsp3) is 0.400. The van der Waals surface area contributed by atoms with Crippen molar-refractivity contribution in [1.82, 2.24) is 15.2 Å². The van der Waals surface area contributed by atoms with Gasteiger partial charge in [0.25, 0.3) is 0 Å². The number of thiazole rings is 1. The van der Waals surface area contributed by atoms with Gasteiger partial charge in [0.15, 0.2) is 5.96 Å². The first-order chi connectivity index (χ1) is 12.2. The summed E-state index contributed by atoms with van der Waals surface area (Å²) in [6.45, 7) is 4.97. The van der Waals surface area contributed by atoms with Gasteiger partial charge in [0.05, 0.1) is 10.7 Å². The van der Waals surface area contributed by atoms with Crippen LogP contribution in [0.1, 0.15) is 29.1 Å². The lowest BCUT2D eigenvalue weighted by Crippen LogP contribution is -2.45. The normalized spacial score (nSPS) is 15.4. The molecule has 0 unspecified atom stereocenters. The molecule has 0 amide bonds. The Morgan fingerprint density at radius 1 is 1.28 bits per heavy atom. The predicted molar refractivity (Wildman–Crippen MR) is 107 cm³/mol. The number of aromatic nitrogens is 1. The summed E-state index contributed by atoms with van der Waals surface area (Å²) in [6, 6.07) is 10.6. The van der Waals surface area contributed by atoms with Crippen LogP contribution in [0.15, 0.2) is 46.3 Å². The molecule has 1 fully saturated rings. The first kappa shape index (κ1) is 17.7. The zero-order valence-corrected chi connectivity index (χ0v) is 15.9. The van der Waals surface area contributed by atoms with Gasteiger partial charge in [0, 0.05) is 38.5 Å². The SMILES string of the molecule is CN=C(NCCc1csc(C)n1)N1CCC(=Cc2ccccc2)CC1. The first-order valence-corrected chi connectivity index (χ1v) is 9.73. The van der Waals surface area contributed by atoms with Crippen LogP contribution in [0.3, 0.4) is 0 Å². The van der Waals surface area contributed by atoms with E-state index in [1.165, 1.54) is 11.1 Å². The molecule has 1 saturated heterocycles. The molecule has 1 aromatic heterocycles. The van der Waals surface area contributed by atoms with E-state index in [1.54, 1.807) is 11.3 Å². The number of hydrogen-bond donors (Lipinski definition) is 1. The van der Waals surface area contributed by atoms with Gasteiger partial charge in [-0.05, 0) is 25.3 Å². The summed E-state index contributed by atoms with van der Waals surface area (Å²) in [5.41, 5.74) is 3.99. The van der Waals surface area contributed by atoms with Gasteiger partial charge < -0.3 is 10.2 Å². The molecule has 5 heteroatoms. The highest BCUT2D eigenvalue weighted by atomic mass is 32.1. The van der Waals surface area contributed by atoms with E-state index in [-0.39, 0.29) is 0 Å². The summed E-state index contributed by atoms with van der Waals surface area (Å²) in [7, 11) is 1.87. The minimum atomic E-state index is 0.874. The number of nitrogens with zero attached hydrogens (tertiary/aromatic N) is 3. The van der Waals surface area contributed by atoms with E-state index < -0.39 is 0 Å². The molecule has 3 rings (SSSR count). The third-order valence-corrected chi connectivity index (χ3v) is 5.24. The molecule has 0 radical (unpaired) electrons. The van der Waals surface area contributed by atoms with Gasteiger partial charge in [0.1, 0.15) is 0 Å². The van der Waals surface area contributed by atoms with Gasteiger partial charge in [-0.15, -0.1) is 11.3 Å². The summed E-state index contributed by atoms with van der Waals surface area (Å²) in [5.74, 6) is 1.01. The number of benzene rings is 1. The van der Waals surface area contributed by atoms with Crippen molar-refractivity contribution < 1.29 is 0 Å². The fourth-order valence-corrected chi connectivity index (χ4v) is 3.74. The maximum atomic E-state index is 4.51. The number of aryl methyl sites for hydroxylation is 1. The van der Waals surface area contributed by atoms with E-state index in [2.05, 4.69) is 68.9 Å². The van der Waals surface area contributed by atoms with Gasteiger partial charge in [-0.1, -0.05) is 42.0 Å². The molecule has 2 heterocycles. The van der Waals surface area contributed by atoms with E-state index in [0.717, 1.165) is 55.6 Å². The zero-order valence-electron chi connectivity index (χ0n) is 15.0. The molecule has 0 aliphatic carbocycles. The Kier molecular flexibility index (Phi) is 6.23. The molecular formula is C20H26N4S. The van der Waals surface area contributed by atoms with Crippen molar-refractivity contribution in [3.8, 4) is 0 Å². The van der Waals surface area contributed by atoms with Crippen LogP contribution in [-0.4, -0.2) is 42.5 Å². The lowest BCUT2D eigenvalue weighted by Gasteiger charge is -2.31. The van der Waals surface area contributed by atoms with Crippen LogP contribution < -0.4 is 5.32 Å². The van der Waals surface area contributed by atoms with Gasteiger partial charge in [-0.3, -0.25) is 4.99 Å². The van der Waals surface area contributed by atoms with Crippen molar-refractivity contribution in [3.05, 3.63) is 57.6 Å². The number of piperidine rings is 1. The molecular weight excluding hydrogens is 328 g/mol. The molecule has 4 nitrogen and oxygen atoms in total. The Balaban J connectivity index is 1.48. The highest BCUT2D eigenvalue weighted by Crippen LogP contribution is 2.19. The number of nitrogens with one attached hydrogen (secondary N) is 1. The topological polar surface area (TPSA) is 40.5 Å². The summed E-state index contributed by atoms with van der Waals surface area (Å²) in [5, 5.41) is 6.76. The molecule has 1 N–H and O–H groups in total. The smallest absolute Gasteiger partial charge is 0.193 e. The lowest BCUT2D eigenvalue weighted by atomic mass is 10.0. The Bertz CT molecular complexity index is 723. The Labute approximate surface area is 154 Å². The van der Waals surface area contributed by atoms with Crippen molar-refractivity contribution in [1.29, 1.82) is 0 Å². The quantitative estimate of drug-likeness (QED) is 0.671. The number of rotatable bonds is 4.